The van der Waals surface area contributed by atoms with Gasteiger partial charge in [-0.15, -0.1) is 0 Å². The highest BCUT2D eigenvalue weighted by atomic mass is 35.5. The Morgan fingerprint density at radius 3 is 1.56 bits per heavy atom. The van der Waals surface area contributed by atoms with E-state index in [-0.39, 0.29) is 43.0 Å². The zero-order valence-corrected chi connectivity index (χ0v) is 36.1. The highest BCUT2D eigenvalue weighted by Gasteiger charge is 2.39. The van der Waals surface area contributed by atoms with E-state index >= 15 is 0 Å². The van der Waals surface area contributed by atoms with E-state index in [4.69, 9.17) is 18.7 Å². The zero-order valence-electron chi connectivity index (χ0n) is 35.4. The molecular weight excluding hydrogens is 816 g/mol. The van der Waals surface area contributed by atoms with Crippen LogP contribution in [0.4, 0.5) is 0 Å². The molecule has 62 heavy (non-hydrogen) atoms. The molecule has 4 aromatic carbocycles. The predicted octanol–water partition coefficient (Wildman–Crippen LogP) is 7.96. The molecule has 13 nitrogen and oxygen atoms in total. The van der Waals surface area contributed by atoms with E-state index in [1.807, 2.05) is 74.5 Å². The van der Waals surface area contributed by atoms with Crippen LogP contribution in [0.3, 0.4) is 0 Å². The summed E-state index contributed by atoms with van der Waals surface area (Å²) in [5.74, 6) is -0.973. The Morgan fingerprint density at radius 2 is 1.11 bits per heavy atom. The van der Waals surface area contributed by atoms with Crippen molar-refractivity contribution in [2.75, 3.05) is 26.3 Å². The summed E-state index contributed by atoms with van der Waals surface area (Å²) in [5, 5.41) is 15.0. The lowest BCUT2D eigenvalue weighted by molar-refractivity contribution is -0.143. The third-order valence-electron chi connectivity index (χ3n) is 10.9. The van der Waals surface area contributed by atoms with Gasteiger partial charge in [0, 0.05) is 60.7 Å². The molecule has 8 rings (SSSR count). The van der Waals surface area contributed by atoms with E-state index in [0.717, 1.165) is 27.3 Å². The van der Waals surface area contributed by atoms with Crippen molar-refractivity contribution in [1.29, 1.82) is 0 Å². The second-order valence-corrected chi connectivity index (χ2v) is 15.5. The number of esters is 1. The van der Waals surface area contributed by atoms with Crippen LogP contribution in [-0.4, -0.2) is 76.6 Å². The smallest absolute Gasteiger partial charge is 0.302 e. The molecule has 2 aromatic heterocycles. The number of benzene rings is 4. The van der Waals surface area contributed by atoms with Gasteiger partial charge in [-0.25, -0.2) is 0 Å². The molecule has 0 bridgehead atoms. The molecule has 2 heterocycles. The number of aryl methyl sites for hydroxylation is 2. The maximum absolute atomic E-state index is 13.1. The summed E-state index contributed by atoms with van der Waals surface area (Å²) in [5.41, 5.74) is 5.90. The average Bonchev–Trinajstić information content (AvgIpc) is 3.73. The summed E-state index contributed by atoms with van der Waals surface area (Å²) in [6.45, 7) is 12.6. The fourth-order valence-corrected chi connectivity index (χ4v) is 7.82. The van der Waals surface area contributed by atoms with Crippen LogP contribution in [0.5, 0.6) is 0 Å². The molecule has 0 saturated carbocycles. The number of aliphatic hydroxyl groups is 1. The van der Waals surface area contributed by atoms with Gasteiger partial charge < -0.3 is 28.9 Å². The predicted molar refractivity (Wildman–Crippen MR) is 233 cm³/mol. The minimum atomic E-state index is -0.608. The van der Waals surface area contributed by atoms with Crippen molar-refractivity contribution in [3.63, 3.8) is 0 Å². The number of rotatable bonds is 9. The van der Waals surface area contributed by atoms with Crippen LogP contribution in [0.25, 0.3) is 44.2 Å². The number of carbonyl (C=O) groups excluding carboxylic acids is 7. The number of aliphatic hydroxyl groups excluding tert-OH is 1. The fourth-order valence-electron chi connectivity index (χ4n) is 7.82. The molecule has 14 heteroatoms. The largest absolute Gasteiger partial charge is 0.464 e. The van der Waals surface area contributed by atoms with Crippen LogP contribution in [0.15, 0.2) is 69.5 Å². The van der Waals surface area contributed by atoms with Crippen LogP contribution in [0, 0.1) is 27.7 Å². The van der Waals surface area contributed by atoms with Gasteiger partial charge in [-0.2, -0.15) is 0 Å². The number of nitrogens with one attached hydrogen (secondary N) is 1. The van der Waals surface area contributed by atoms with Gasteiger partial charge in [-0.3, -0.25) is 33.6 Å². The molecule has 6 aromatic rings. The van der Waals surface area contributed by atoms with Crippen LogP contribution in [0.1, 0.15) is 96.0 Å². The summed E-state index contributed by atoms with van der Waals surface area (Å²) in [6.07, 6.45) is 0. The van der Waals surface area contributed by atoms with Crippen molar-refractivity contribution < 1.29 is 52.2 Å². The van der Waals surface area contributed by atoms with E-state index in [0.29, 0.717) is 80.5 Å². The lowest BCUT2D eigenvalue weighted by Gasteiger charge is -2.19. The van der Waals surface area contributed by atoms with Gasteiger partial charge in [0.1, 0.15) is 29.6 Å². The first-order chi connectivity index (χ1) is 29.5. The van der Waals surface area contributed by atoms with E-state index in [2.05, 4.69) is 16.9 Å². The molecule has 2 aliphatic carbocycles. The molecule has 0 unspecified atom stereocenters. The van der Waals surface area contributed by atoms with Gasteiger partial charge in [0.05, 0.1) is 37.4 Å². The van der Waals surface area contributed by atoms with Crippen molar-refractivity contribution in [2.24, 2.45) is 0 Å². The van der Waals surface area contributed by atoms with E-state index in [1.165, 1.54) is 25.7 Å². The van der Waals surface area contributed by atoms with Crippen molar-refractivity contribution in [2.45, 2.75) is 61.6 Å². The van der Waals surface area contributed by atoms with Gasteiger partial charge in [-0.05, 0) is 84.1 Å². The van der Waals surface area contributed by atoms with Gasteiger partial charge in [-0.1, -0.05) is 48.5 Å². The molecule has 2 N–H and O–H groups in total. The quantitative estimate of drug-likeness (QED) is 0.0618. The lowest BCUT2D eigenvalue weighted by Crippen LogP contribution is -2.32. The minimum Gasteiger partial charge on any atom is -0.464 e. The number of furan rings is 2. The Morgan fingerprint density at radius 1 is 0.661 bits per heavy atom. The molecular formula is C48H45ClN2O11. The Labute approximate surface area is 362 Å². The number of hydrogen-bond acceptors (Lipinski definition) is 12. The monoisotopic (exact) mass is 860 g/mol. The third-order valence-corrected chi connectivity index (χ3v) is 10.9. The third kappa shape index (κ3) is 8.64. The second kappa shape index (κ2) is 18.6. The average molecular weight is 861 g/mol. The van der Waals surface area contributed by atoms with Crippen LogP contribution < -0.4 is 5.32 Å². The summed E-state index contributed by atoms with van der Waals surface area (Å²) >= 11 is 4.64. The SMILES string of the molecule is CC(=O)Cl.CC(=O)OCCN(Cc1oc2c(c1C)C(=O)C(=O)c1c-2ccc2c(C)cccc12)C(C)=O.Cc1c(CNCCO)oc2c1C(=O)C(=O)c1c-2ccc2c(C)cccc12. The summed E-state index contributed by atoms with van der Waals surface area (Å²) in [4.78, 5) is 85.6. The van der Waals surface area contributed by atoms with Crippen molar-refractivity contribution in [3.05, 3.63) is 117 Å². The number of hydrogen-bond donors (Lipinski definition) is 2. The maximum Gasteiger partial charge on any atom is 0.302 e. The molecule has 1 amide bonds. The highest BCUT2D eigenvalue weighted by molar-refractivity contribution is 6.62. The van der Waals surface area contributed by atoms with Gasteiger partial charge in [0.15, 0.2) is 0 Å². The Bertz CT molecular complexity index is 2840. The standard InChI is InChI=1S/C25H23NO6.C21H19NO4.C2H3ClO/c1-13-6-5-7-18-17(13)8-9-19-22(18)24(30)23(29)21-14(2)20(32-25(19)21)12-26(15(3)27)10-11-31-16(4)28;1-11-4-3-5-14-13(11)6-7-15-18(14)20(25)19(24)17-12(2)16(26-21(15)17)10-22-8-9-23;1-2(3)4/h5-9H,10-12H2,1-4H3;3-7,22-23H,8-10H2,1-2H3;1H3. The van der Waals surface area contributed by atoms with E-state index in [1.54, 1.807) is 13.8 Å². The first-order valence-corrected chi connectivity index (χ1v) is 20.2. The van der Waals surface area contributed by atoms with E-state index in [9.17, 15) is 33.6 Å². The second-order valence-electron chi connectivity index (χ2n) is 15.0. The van der Waals surface area contributed by atoms with Crippen molar-refractivity contribution >= 4 is 73.4 Å². The Kier molecular flexibility index (Phi) is 13.5. The normalized spacial score (nSPS) is 12.4. The Hall–Kier alpha value is -6.54. The number of Topliss-reactive ketones (excluding diaryl/α,β-unsaturated/α-hetero) is 4. The number of fused-ring (bicyclic) bond motifs is 10. The van der Waals surface area contributed by atoms with Crippen LogP contribution in [0.2, 0.25) is 0 Å². The number of carbonyl (C=O) groups is 7. The summed E-state index contributed by atoms with van der Waals surface area (Å²) in [7, 11) is 0. The first kappa shape index (κ1) is 45.0. The van der Waals surface area contributed by atoms with Crippen LogP contribution in [-0.2, 0) is 32.2 Å². The highest BCUT2D eigenvalue weighted by Crippen LogP contribution is 2.43. The molecule has 0 aliphatic heterocycles. The first-order valence-electron chi connectivity index (χ1n) is 19.8. The Balaban J connectivity index is 0.000000194. The van der Waals surface area contributed by atoms with Gasteiger partial charge in [0.25, 0.3) is 0 Å². The van der Waals surface area contributed by atoms with Crippen molar-refractivity contribution in [1.82, 2.24) is 10.2 Å². The summed E-state index contributed by atoms with van der Waals surface area (Å²) < 4.78 is 17.0. The number of ether oxygens (including phenoxy) is 1. The molecule has 0 fully saturated rings. The van der Waals surface area contributed by atoms with Crippen molar-refractivity contribution in [3.8, 4) is 22.6 Å². The van der Waals surface area contributed by atoms with Gasteiger partial charge in [0.2, 0.25) is 34.3 Å². The molecule has 0 saturated heterocycles. The number of ketones is 4. The van der Waals surface area contributed by atoms with E-state index < -0.39 is 29.1 Å². The summed E-state index contributed by atoms with van der Waals surface area (Å²) in [6, 6.07) is 19.0. The lowest BCUT2D eigenvalue weighted by atomic mass is 9.83. The molecule has 0 spiro atoms. The number of amides is 1. The molecule has 0 atom stereocenters. The number of nitrogens with zero attached hydrogens (tertiary/aromatic N) is 1. The maximum atomic E-state index is 13.1. The van der Waals surface area contributed by atoms with Crippen LogP contribution >= 0.6 is 11.6 Å². The molecule has 320 valence electrons. The topological polar surface area (TPSA) is 190 Å². The fraction of sp³-hybridized carbons (Fsp3) is 0.271. The molecule has 2 aliphatic rings. The zero-order chi connectivity index (χ0) is 45.2. The molecule has 0 radical (unpaired) electrons. The van der Waals surface area contributed by atoms with Gasteiger partial charge >= 0.3 is 5.97 Å². The minimum absolute atomic E-state index is 0.0189. The number of halogens is 1.